The maximum atomic E-state index is 12.7. The minimum absolute atomic E-state index is 0.230. The van der Waals surface area contributed by atoms with Crippen LogP contribution in [0, 0.1) is 13.8 Å². The SMILES string of the molecule is Cc1cc(Cl)ccc1Nc1ncnc2sc(C(=O)OCc3ccccc3)c(C)c12. The van der Waals surface area contributed by atoms with Crippen molar-refractivity contribution in [2.45, 2.75) is 20.5 Å². The first kappa shape index (κ1) is 19.4. The van der Waals surface area contributed by atoms with Crippen LogP contribution in [0.1, 0.15) is 26.4 Å². The number of fused-ring (bicyclic) bond motifs is 1. The van der Waals surface area contributed by atoms with E-state index in [-0.39, 0.29) is 12.6 Å². The second-order valence-electron chi connectivity index (χ2n) is 6.60. The standard InChI is InChI=1S/C22H18ClN3O2S/c1-13-10-16(23)8-9-17(13)26-20-18-14(2)19(29-21(18)25-12-24-20)22(27)28-11-15-6-4-3-5-7-15/h3-10,12H,11H2,1-2H3,(H,24,25,26). The van der Waals surface area contributed by atoms with E-state index in [0.29, 0.717) is 15.7 Å². The fourth-order valence-electron chi connectivity index (χ4n) is 3.04. The Kier molecular flexibility index (Phi) is 5.47. The van der Waals surface area contributed by atoms with E-state index >= 15 is 0 Å². The molecule has 0 saturated carbocycles. The highest BCUT2D eigenvalue weighted by Gasteiger charge is 2.21. The van der Waals surface area contributed by atoms with Crippen LogP contribution in [-0.2, 0) is 11.3 Å². The van der Waals surface area contributed by atoms with Gasteiger partial charge in [0.05, 0.1) is 5.39 Å². The lowest BCUT2D eigenvalue weighted by atomic mass is 10.1. The van der Waals surface area contributed by atoms with Crippen LogP contribution in [0.25, 0.3) is 10.2 Å². The quantitative estimate of drug-likeness (QED) is 0.395. The van der Waals surface area contributed by atoms with Crippen LogP contribution >= 0.6 is 22.9 Å². The van der Waals surface area contributed by atoms with Gasteiger partial charge in [-0.1, -0.05) is 41.9 Å². The number of benzene rings is 2. The van der Waals surface area contributed by atoms with Crippen LogP contribution in [0.5, 0.6) is 0 Å². The van der Waals surface area contributed by atoms with Crippen molar-refractivity contribution in [2.24, 2.45) is 0 Å². The summed E-state index contributed by atoms with van der Waals surface area (Å²) < 4.78 is 5.50. The molecule has 146 valence electrons. The Morgan fingerprint density at radius 2 is 1.93 bits per heavy atom. The summed E-state index contributed by atoms with van der Waals surface area (Å²) in [5.41, 5.74) is 3.64. The Balaban J connectivity index is 1.63. The Morgan fingerprint density at radius 1 is 1.14 bits per heavy atom. The van der Waals surface area contributed by atoms with Crippen molar-refractivity contribution in [1.82, 2.24) is 9.97 Å². The van der Waals surface area contributed by atoms with Crippen molar-refractivity contribution < 1.29 is 9.53 Å². The molecule has 4 rings (SSSR count). The van der Waals surface area contributed by atoms with Crippen molar-refractivity contribution in [3.8, 4) is 0 Å². The number of nitrogens with zero attached hydrogens (tertiary/aromatic N) is 2. The fourth-order valence-corrected chi connectivity index (χ4v) is 4.31. The van der Waals surface area contributed by atoms with E-state index in [1.807, 2.05) is 62.4 Å². The van der Waals surface area contributed by atoms with E-state index < -0.39 is 0 Å². The summed E-state index contributed by atoms with van der Waals surface area (Å²) in [7, 11) is 0. The highest BCUT2D eigenvalue weighted by atomic mass is 35.5. The summed E-state index contributed by atoms with van der Waals surface area (Å²) in [5.74, 6) is 0.291. The molecule has 5 nitrogen and oxygen atoms in total. The predicted octanol–water partition coefficient (Wildman–Crippen LogP) is 6.06. The summed E-state index contributed by atoms with van der Waals surface area (Å²) in [6.45, 7) is 4.09. The van der Waals surface area contributed by atoms with Gasteiger partial charge in [0.2, 0.25) is 0 Å². The molecule has 7 heteroatoms. The molecule has 0 fully saturated rings. The second-order valence-corrected chi connectivity index (χ2v) is 8.04. The first-order valence-electron chi connectivity index (χ1n) is 9.01. The normalized spacial score (nSPS) is 10.9. The van der Waals surface area contributed by atoms with Crippen molar-refractivity contribution in [3.63, 3.8) is 0 Å². The van der Waals surface area contributed by atoms with Gasteiger partial charge in [0.25, 0.3) is 0 Å². The zero-order valence-corrected chi connectivity index (χ0v) is 17.5. The third-order valence-electron chi connectivity index (χ3n) is 4.57. The smallest absolute Gasteiger partial charge is 0.349 e. The number of rotatable bonds is 5. The molecule has 0 spiro atoms. The van der Waals surface area contributed by atoms with Gasteiger partial charge < -0.3 is 10.1 Å². The molecule has 29 heavy (non-hydrogen) atoms. The highest BCUT2D eigenvalue weighted by molar-refractivity contribution is 7.20. The van der Waals surface area contributed by atoms with Gasteiger partial charge in [-0.25, -0.2) is 14.8 Å². The lowest BCUT2D eigenvalue weighted by Gasteiger charge is -2.10. The summed E-state index contributed by atoms with van der Waals surface area (Å²) in [6, 6.07) is 15.2. The molecular formula is C22H18ClN3O2S. The van der Waals surface area contributed by atoms with E-state index in [2.05, 4.69) is 15.3 Å². The van der Waals surface area contributed by atoms with Gasteiger partial charge in [-0.2, -0.15) is 0 Å². The molecule has 0 saturated heterocycles. The second kappa shape index (κ2) is 8.19. The third-order valence-corrected chi connectivity index (χ3v) is 5.98. The minimum Gasteiger partial charge on any atom is -0.457 e. The maximum absolute atomic E-state index is 12.7. The number of hydrogen-bond acceptors (Lipinski definition) is 6. The van der Waals surface area contributed by atoms with E-state index in [4.69, 9.17) is 16.3 Å². The number of aromatic nitrogens is 2. The Hall–Kier alpha value is -2.96. The molecule has 4 aromatic rings. The third kappa shape index (κ3) is 4.09. The molecule has 0 aliphatic heterocycles. The van der Waals surface area contributed by atoms with E-state index in [1.165, 1.54) is 17.7 Å². The zero-order chi connectivity index (χ0) is 20.4. The van der Waals surface area contributed by atoms with Gasteiger partial charge in [-0.3, -0.25) is 0 Å². The molecule has 0 atom stereocenters. The number of ether oxygens (including phenoxy) is 1. The molecule has 0 aliphatic rings. The Morgan fingerprint density at radius 3 is 2.69 bits per heavy atom. The minimum atomic E-state index is -0.358. The zero-order valence-electron chi connectivity index (χ0n) is 15.9. The number of hydrogen-bond donors (Lipinski definition) is 1. The number of carbonyl (C=O) groups is 1. The molecule has 2 heterocycles. The number of aryl methyl sites for hydroxylation is 2. The van der Waals surface area contributed by atoms with Crippen molar-refractivity contribution in [1.29, 1.82) is 0 Å². The molecule has 0 radical (unpaired) electrons. The number of nitrogens with one attached hydrogen (secondary N) is 1. The van der Waals surface area contributed by atoms with Crippen LogP contribution in [0.4, 0.5) is 11.5 Å². The average Bonchev–Trinajstić information content (AvgIpc) is 3.07. The predicted molar refractivity (Wildman–Crippen MR) is 117 cm³/mol. The van der Waals surface area contributed by atoms with Crippen LogP contribution in [-0.4, -0.2) is 15.9 Å². The maximum Gasteiger partial charge on any atom is 0.349 e. The van der Waals surface area contributed by atoms with Crippen LogP contribution < -0.4 is 5.32 Å². The van der Waals surface area contributed by atoms with Gasteiger partial charge >= 0.3 is 5.97 Å². The van der Waals surface area contributed by atoms with Crippen LogP contribution in [0.15, 0.2) is 54.9 Å². The fraction of sp³-hybridized carbons (Fsp3) is 0.136. The summed E-state index contributed by atoms with van der Waals surface area (Å²) >= 11 is 7.36. The molecule has 0 aliphatic carbocycles. The van der Waals surface area contributed by atoms with Crippen molar-refractivity contribution >= 4 is 50.6 Å². The monoisotopic (exact) mass is 423 g/mol. The molecule has 0 amide bonds. The lowest BCUT2D eigenvalue weighted by molar-refractivity contribution is 0.0478. The van der Waals surface area contributed by atoms with Gasteiger partial charge in [-0.15, -0.1) is 11.3 Å². The van der Waals surface area contributed by atoms with E-state index in [1.54, 1.807) is 0 Å². The molecular weight excluding hydrogens is 406 g/mol. The van der Waals surface area contributed by atoms with Gasteiger partial charge in [-0.05, 0) is 48.7 Å². The first-order chi connectivity index (χ1) is 14.0. The van der Waals surface area contributed by atoms with Crippen molar-refractivity contribution in [3.05, 3.63) is 81.4 Å². The molecule has 0 unspecified atom stereocenters. The molecule has 2 aromatic carbocycles. The van der Waals surface area contributed by atoms with Crippen molar-refractivity contribution in [2.75, 3.05) is 5.32 Å². The number of esters is 1. The Bertz CT molecular complexity index is 1190. The van der Waals surface area contributed by atoms with Crippen LogP contribution in [0.3, 0.4) is 0 Å². The number of thiophene rings is 1. The summed E-state index contributed by atoms with van der Waals surface area (Å²) in [5, 5.41) is 4.83. The summed E-state index contributed by atoms with van der Waals surface area (Å²) in [4.78, 5) is 22.7. The number of halogens is 1. The van der Waals surface area contributed by atoms with E-state index in [0.717, 1.165) is 32.6 Å². The topological polar surface area (TPSA) is 64.1 Å². The largest absolute Gasteiger partial charge is 0.457 e. The van der Waals surface area contributed by atoms with Gasteiger partial charge in [0, 0.05) is 10.7 Å². The number of carbonyl (C=O) groups excluding carboxylic acids is 1. The number of anilines is 2. The van der Waals surface area contributed by atoms with Gasteiger partial charge in [0.1, 0.15) is 28.5 Å². The molecule has 2 aromatic heterocycles. The first-order valence-corrected chi connectivity index (χ1v) is 10.2. The average molecular weight is 424 g/mol. The van der Waals surface area contributed by atoms with Gasteiger partial charge in [0.15, 0.2) is 0 Å². The lowest BCUT2D eigenvalue weighted by Crippen LogP contribution is -2.04. The molecule has 0 bridgehead atoms. The van der Waals surface area contributed by atoms with E-state index in [9.17, 15) is 4.79 Å². The highest BCUT2D eigenvalue weighted by Crippen LogP contribution is 2.35. The Labute approximate surface area is 177 Å². The van der Waals surface area contributed by atoms with Crippen LogP contribution in [0.2, 0.25) is 5.02 Å². The molecule has 1 N–H and O–H groups in total. The summed E-state index contributed by atoms with van der Waals surface area (Å²) in [6.07, 6.45) is 1.49.